The number of likely N-dealkylation sites (tertiary alicyclic amines) is 1. The van der Waals surface area contributed by atoms with Crippen LogP contribution in [0, 0.1) is 5.92 Å². The van der Waals surface area contributed by atoms with Gasteiger partial charge in [0.2, 0.25) is 11.8 Å². The Balaban J connectivity index is 1.34. The summed E-state index contributed by atoms with van der Waals surface area (Å²) in [5.41, 5.74) is -0.886. The van der Waals surface area contributed by atoms with Crippen molar-refractivity contribution in [2.45, 2.75) is 44.3 Å². The largest absolute Gasteiger partial charge is 0.417 e. The van der Waals surface area contributed by atoms with Crippen LogP contribution in [0.25, 0.3) is 0 Å². The first-order chi connectivity index (χ1) is 14.2. The average Bonchev–Trinajstić information content (AvgIpc) is 3.36. The van der Waals surface area contributed by atoms with Crippen LogP contribution in [0.4, 0.5) is 19.0 Å². The number of hydrogen-bond donors (Lipinski definition) is 0. The average molecular weight is 445 g/mol. The van der Waals surface area contributed by atoms with Crippen molar-refractivity contribution in [3.63, 3.8) is 0 Å². The second-order valence-electron chi connectivity index (χ2n) is 8.22. The van der Waals surface area contributed by atoms with E-state index in [1.165, 1.54) is 0 Å². The molecule has 30 heavy (non-hydrogen) atoms. The van der Waals surface area contributed by atoms with E-state index < -0.39 is 11.7 Å². The fraction of sp³-hybridized carbons (Fsp3) is 0.650. The van der Waals surface area contributed by atoms with Gasteiger partial charge in [-0.25, -0.2) is 4.98 Å². The predicted octanol–water partition coefficient (Wildman–Crippen LogP) is 3.19. The molecule has 3 heterocycles. The summed E-state index contributed by atoms with van der Waals surface area (Å²) < 4.78 is 38.4. The van der Waals surface area contributed by atoms with Gasteiger partial charge in [-0.3, -0.25) is 9.59 Å². The van der Waals surface area contributed by atoms with E-state index in [-0.39, 0.29) is 35.2 Å². The molecular formula is C20H24ClF3N4O2. The number of carbonyl (C=O) groups excluding carboxylic acids is 2. The Morgan fingerprint density at radius 1 is 1.13 bits per heavy atom. The summed E-state index contributed by atoms with van der Waals surface area (Å²) in [7, 11) is 0. The highest BCUT2D eigenvalue weighted by molar-refractivity contribution is 6.33. The van der Waals surface area contributed by atoms with Gasteiger partial charge in [0.15, 0.2) is 0 Å². The summed E-state index contributed by atoms with van der Waals surface area (Å²) in [6.07, 6.45) is 0.858. The highest BCUT2D eigenvalue weighted by atomic mass is 35.5. The zero-order valence-electron chi connectivity index (χ0n) is 16.5. The second-order valence-corrected chi connectivity index (χ2v) is 8.63. The minimum atomic E-state index is -4.49. The van der Waals surface area contributed by atoms with Gasteiger partial charge in [-0.15, -0.1) is 0 Å². The van der Waals surface area contributed by atoms with Gasteiger partial charge in [0.1, 0.15) is 5.82 Å². The normalized spacial score (nSPS) is 23.5. The Bertz CT molecular complexity index is 821. The van der Waals surface area contributed by atoms with Crippen LogP contribution in [-0.4, -0.2) is 65.4 Å². The van der Waals surface area contributed by atoms with Gasteiger partial charge in [0, 0.05) is 51.4 Å². The minimum Gasteiger partial charge on any atom is -0.352 e. The monoisotopic (exact) mass is 444 g/mol. The molecule has 1 aromatic rings. The number of hydrogen-bond acceptors (Lipinski definition) is 4. The molecule has 1 aliphatic carbocycles. The van der Waals surface area contributed by atoms with Crippen molar-refractivity contribution in [1.29, 1.82) is 0 Å². The molecule has 1 unspecified atom stereocenters. The number of anilines is 1. The van der Waals surface area contributed by atoms with Crippen molar-refractivity contribution in [2.24, 2.45) is 5.92 Å². The highest BCUT2D eigenvalue weighted by Crippen LogP contribution is 2.34. The molecule has 3 aliphatic rings. The van der Waals surface area contributed by atoms with Crippen LogP contribution in [0.1, 0.15) is 37.7 Å². The Hall–Kier alpha value is -2.03. The lowest BCUT2D eigenvalue weighted by Crippen LogP contribution is -2.51. The molecule has 0 N–H and O–H groups in total. The van der Waals surface area contributed by atoms with Crippen molar-refractivity contribution in [3.8, 4) is 0 Å². The van der Waals surface area contributed by atoms with Crippen molar-refractivity contribution < 1.29 is 22.8 Å². The molecule has 2 saturated heterocycles. The second kappa shape index (κ2) is 8.24. The first-order valence-corrected chi connectivity index (χ1v) is 10.7. The number of pyridine rings is 1. The number of amides is 2. The Kier molecular flexibility index (Phi) is 5.83. The van der Waals surface area contributed by atoms with E-state index in [0.717, 1.165) is 37.9 Å². The zero-order valence-corrected chi connectivity index (χ0v) is 17.3. The first-order valence-electron chi connectivity index (χ1n) is 10.3. The number of halogens is 4. The summed E-state index contributed by atoms with van der Waals surface area (Å²) >= 11 is 6.04. The van der Waals surface area contributed by atoms with Crippen molar-refractivity contribution in [2.75, 3.05) is 37.6 Å². The molecule has 2 aliphatic heterocycles. The summed E-state index contributed by atoms with van der Waals surface area (Å²) in [5.74, 6) is 0.0345. The Morgan fingerprint density at radius 3 is 2.40 bits per heavy atom. The van der Waals surface area contributed by atoms with E-state index in [2.05, 4.69) is 4.98 Å². The lowest BCUT2D eigenvalue weighted by Gasteiger charge is -2.37. The molecule has 6 nitrogen and oxygen atoms in total. The first kappa shape index (κ1) is 21.2. The number of piperazine rings is 1. The van der Waals surface area contributed by atoms with Gasteiger partial charge in [-0.05, 0) is 18.9 Å². The number of alkyl halides is 3. The van der Waals surface area contributed by atoms with Crippen LogP contribution in [-0.2, 0) is 15.8 Å². The van der Waals surface area contributed by atoms with Crippen LogP contribution in [0.3, 0.4) is 0 Å². The molecule has 3 fully saturated rings. The zero-order chi connectivity index (χ0) is 21.5. The molecule has 164 valence electrons. The quantitative estimate of drug-likeness (QED) is 0.718. The highest BCUT2D eigenvalue weighted by Gasteiger charge is 2.40. The van der Waals surface area contributed by atoms with Crippen LogP contribution in [0.15, 0.2) is 12.3 Å². The molecular weight excluding hydrogens is 421 g/mol. The third kappa shape index (κ3) is 4.22. The Morgan fingerprint density at radius 2 is 1.80 bits per heavy atom. The summed E-state index contributed by atoms with van der Waals surface area (Å²) in [6, 6.07) is 1.16. The van der Waals surface area contributed by atoms with Crippen LogP contribution >= 0.6 is 11.6 Å². The number of carbonyl (C=O) groups is 2. The maximum atomic E-state index is 12.9. The van der Waals surface area contributed by atoms with Crippen LogP contribution < -0.4 is 4.90 Å². The van der Waals surface area contributed by atoms with E-state index >= 15 is 0 Å². The van der Waals surface area contributed by atoms with Gasteiger partial charge in [-0.2, -0.15) is 13.2 Å². The third-order valence-electron chi connectivity index (χ3n) is 6.31. The molecule has 0 spiro atoms. The lowest BCUT2D eigenvalue weighted by atomic mass is 10.1. The van der Waals surface area contributed by atoms with Crippen molar-refractivity contribution >= 4 is 29.2 Å². The van der Waals surface area contributed by atoms with E-state index in [4.69, 9.17) is 11.6 Å². The van der Waals surface area contributed by atoms with E-state index in [9.17, 15) is 22.8 Å². The van der Waals surface area contributed by atoms with Gasteiger partial charge >= 0.3 is 6.18 Å². The molecule has 0 aromatic carbocycles. The number of nitrogens with zero attached hydrogens (tertiary/aromatic N) is 4. The number of rotatable bonds is 3. The molecule has 10 heteroatoms. The van der Waals surface area contributed by atoms with E-state index in [0.29, 0.717) is 38.5 Å². The van der Waals surface area contributed by atoms with Crippen LogP contribution in [0.2, 0.25) is 5.02 Å². The molecule has 0 bridgehead atoms. The van der Waals surface area contributed by atoms with Gasteiger partial charge in [0.05, 0.1) is 16.5 Å². The molecule has 1 saturated carbocycles. The van der Waals surface area contributed by atoms with Gasteiger partial charge in [0.25, 0.3) is 0 Å². The maximum Gasteiger partial charge on any atom is 0.417 e. The third-order valence-corrected chi connectivity index (χ3v) is 6.59. The molecule has 2 amide bonds. The molecule has 1 atom stereocenters. The van der Waals surface area contributed by atoms with Gasteiger partial charge < -0.3 is 14.7 Å². The summed E-state index contributed by atoms with van der Waals surface area (Å²) in [4.78, 5) is 34.6. The standard InChI is InChI=1S/C20H24ClF3N4O2/c21-16-10-14(20(22,23)24)11-25-18(16)26-5-7-27(8-6-26)19(30)13-9-17(29)28(12-13)15-3-1-2-4-15/h10-11,13,15H,1-9,12H2. The van der Waals surface area contributed by atoms with Crippen molar-refractivity contribution in [3.05, 3.63) is 22.8 Å². The van der Waals surface area contributed by atoms with Crippen LogP contribution in [0.5, 0.6) is 0 Å². The fourth-order valence-electron chi connectivity index (χ4n) is 4.68. The fourth-order valence-corrected chi connectivity index (χ4v) is 4.97. The lowest BCUT2D eigenvalue weighted by molar-refractivity contribution is -0.138. The topological polar surface area (TPSA) is 56.8 Å². The Labute approximate surface area is 178 Å². The summed E-state index contributed by atoms with van der Waals surface area (Å²) in [5, 5.41) is -0.0572. The smallest absolute Gasteiger partial charge is 0.352 e. The number of aromatic nitrogens is 1. The van der Waals surface area contributed by atoms with Crippen molar-refractivity contribution in [1.82, 2.24) is 14.8 Å². The van der Waals surface area contributed by atoms with E-state index in [1.54, 1.807) is 9.80 Å². The summed E-state index contributed by atoms with van der Waals surface area (Å²) in [6.45, 7) is 2.19. The molecule has 0 radical (unpaired) electrons. The molecule has 1 aromatic heterocycles. The van der Waals surface area contributed by atoms with Gasteiger partial charge in [-0.1, -0.05) is 24.4 Å². The maximum absolute atomic E-state index is 12.9. The minimum absolute atomic E-state index is 0.0185. The SMILES string of the molecule is O=C(C1CC(=O)N(C2CCCC2)C1)N1CCN(c2ncc(C(F)(F)F)cc2Cl)CC1. The predicted molar refractivity (Wildman–Crippen MR) is 105 cm³/mol. The van der Waals surface area contributed by atoms with E-state index in [1.807, 2.05) is 4.90 Å². The molecule has 4 rings (SSSR count).